The number of benzene rings is 6. The smallest absolute Gasteiger partial charge is 0.0641 e. The van der Waals surface area contributed by atoms with Gasteiger partial charge in [-0.25, -0.2) is 0 Å². The third-order valence-corrected chi connectivity index (χ3v) is 9.35. The Bertz CT molecular complexity index is 2190. The van der Waals surface area contributed by atoms with Gasteiger partial charge in [-0.15, -0.1) is 11.3 Å². The molecule has 0 bridgehead atoms. The predicted molar refractivity (Wildman–Crippen MR) is 172 cm³/mol. The quantitative estimate of drug-likeness (QED) is 0.196. The predicted octanol–water partition coefficient (Wildman–Crippen LogP) is 11.2. The van der Waals surface area contributed by atoms with Crippen LogP contribution >= 0.6 is 27.3 Å². The van der Waals surface area contributed by atoms with Crippen molar-refractivity contribution in [2.75, 3.05) is 0 Å². The molecule has 0 N–H and O–H groups in total. The lowest BCUT2D eigenvalue weighted by Gasteiger charge is -2.13. The first-order valence-electron chi connectivity index (χ1n) is 13.1. The van der Waals surface area contributed by atoms with Gasteiger partial charge in [0, 0.05) is 30.7 Å². The molecule has 0 aliphatic heterocycles. The zero-order valence-corrected chi connectivity index (χ0v) is 23.3. The molecule has 0 spiro atoms. The van der Waals surface area contributed by atoms with E-state index in [0.717, 1.165) is 4.47 Å². The Balaban J connectivity index is 1.46. The molecule has 0 fully saturated rings. The summed E-state index contributed by atoms with van der Waals surface area (Å²) in [5.41, 5.74) is 8.65. The van der Waals surface area contributed by atoms with E-state index in [1.165, 1.54) is 69.9 Å². The third kappa shape index (κ3) is 3.58. The molecule has 0 atom stereocenters. The molecule has 0 unspecified atom stereocenters. The van der Waals surface area contributed by atoms with Gasteiger partial charge < -0.3 is 4.57 Å². The molecule has 3 heteroatoms. The van der Waals surface area contributed by atoms with E-state index in [0.29, 0.717) is 0 Å². The van der Waals surface area contributed by atoms with E-state index in [4.69, 9.17) is 0 Å². The molecule has 39 heavy (non-hydrogen) atoms. The minimum Gasteiger partial charge on any atom is -0.308 e. The fourth-order valence-electron chi connectivity index (χ4n) is 5.93. The van der Waals surface area contributed by atoms with Crippen molar-refractivity contribution in [3.63, 3.8) is 0 Å². The van der Waals surface area contributed by atoms with Crippen LogP contribution < -0.4 is 0 Å². The summed E-state index contributed by atoms with van der Waals surface area (Å²) in [7, 11) is 0. The monoisotopic (exact) mass is 579 g/mol. The Labute approximate surface area is 238 Å². The van der Waals surface area contributed by atoms with Crippen molar-refractivity contribution in [3.05, 3.63) is 138 Å². The summed E-state index contributed by atoms with van der Waals surface area (Å²) in [6.45, 7) is 0. The summed E-state index contributed by atoms with van der Waals surface area (Å²) in [5, 5.41) is 5.15. The number of halogens is 1. The number of hydrogen-bond acceptors (Lipinski definition) is 1. The maximum atomic E-state index is 3.70. The van der Waals surface area contributed by atoms with E-state index in [1.807, 2.05) is 11.3 Å². The van der Waals surface area contributed by atoms with E-state index in [-0.39, 0.29) is 0 Å². The standard InChI is InChI=1S/C36H22BrNS/c37-26-17-19-32-30(22-26)28-13-4-6-15-31(28)38(32)33-20-18-27(35-29-14-5-7-16-34(29)39-36(33)35)25-12-8-11-24(21-25)23-9-2-1-3-10-23/h1-22H. The summed E-state index contributed by atoms with van der Waals surface area (Å²) in [4.78, 5) is 0. The molecule has 2 heterocycles. The normalized spacial score (nSPS) is 11.7. The van der Waals surface area contributed by atoms with Gasteiger partial charge in [0.25, 0.3) is 0 Å². The van der Waals surface area contributed by atoms with Crippen LogP contribution in [0.2, 0.25) is 0 Å². The number of hydrogen-bond donors (Lipinski definition) is 0. The van der Waals surface area contributed by atoms with Crippen LogP contribution in [0.25, 0.3) is 69.9 Å². The average molecular weight is 581 g/mol. The lowest BCUT2D eigenvalue weighted by Crippen LogP contribution is -1.95. The second-order valence-corrected chi connectivity index (χ2v) is 11.9. The minimum absolute atomic E-state index is 1.10. The molecule has 0 amide bonds. The maximum Gasteiger partial charge on any atom is 0.0641 e. The van der Waals surface area contributed by atoms with E-state index in [1.54, 1.807) is 0 Å². The number of nitrogens with zero attached hydrogens (tertiary/aromatic N) is 1. The number of thiophene rings is 1. The van der Waals surface area contributed by atoms with Gasteiger partial charge in [0.05, 0.1) is 21.4 Å². The van der Waals surface area contributed by atoms with Gasteiger partial charge in [0.1, 0.15) is 0 Å². The number of para-hydroxylation sites is 1. The van der Waals surface area contributed by atoms with Crippen LogP contribution in [0.5, 0.6) is 0 Å². The molecule has 184 valence electrons. The lowest BCUT2D eigenvalue weighted by molar-refractivity contribution is 1.20. The van der Waals surface area contributed by atoms with Crippen LogP contribution in [0.4, 0.5) is 0 Å². The van der Waals surface area contributed by atoms with Crippen molar-refractivity contribution in [1.29, 1.82) is 0 Å². The van der Waals surface area contributed by atoms with Crippen molar-refractivity contribution in [1.82, 2.24) is 4.57 Å². The molecular formula is C36H22BrNS. The SMILES string of the molecule is Brc1ccc2c(c1)c1ccccc1n2-c1ccc(-c2cccc(-c3ccccc3)c2)c2c1sc1ccccc12. The van der Waals surface area contributed by atoms with E-state index >= 15 is 0 Å². The second-order valence-electron chi connectivity index (χ2n) is 9.90. The summed E-state index contributed by atoms with van der Waals surface area (Å²) in [5.74, 6) is 0. The van der Waals surface area contributed by atoms with Crippen molar-refractivity contribution < 1.29 is 0 Å². The molecule has 0 aliphatic rings. The van der Waals surface area contributed by atoms with Gasteiger partial charge in [-0.3, -0.25) is 0 Å². The molecule has 8 aromatic rings. The molecule has 0 saturated heterocycles. The highest BCUT2D eigenvalue weighted by atomic mass is 79.9. The first-order valence-corrected chi connectivity index (χ1v) is 14.7. The van der Waals surface area contributed by atoms with E-state index in [9.17, 15) is 0 Å². The molecule has 1 nitrogen and oxygen atoms in total. The number of rotatable bonds is 3. The molecule has 0 aliphatic carbocycles. The van der Waals surface area contributed by atoms with Crippen LogP contribution in [-0.2, 0) is 0 Å². The Morgan fingerprint density at radius 3 is 2.13 bits per heavy atom. The fourth-order valence-corrected chi connectivity index (χ4v) is 7.53. The second kappa shape index (κ2) is 8.94. The van der Waals surface area contributed by atoms with Crippen molar-refractivity contribution in [3.8, 4) is 27.9 Å². The summed E-state index contributed by atoms with van der Waals surface area (Å²) < 4.78 is 6.16. The maximum absolute atomic E-state index is 3.70. The summed E-state index contributed by atoms with van der Waals surface area (Å²) in [6, 6.07) is 48.4. The Kier molecular flexibility index (Phi) is 5.22. The third-order valence-electron chi connectivity index (χ3n) is 7.66. The van der Waals surface area contributed by atoms with Crippen molar-refractivity contribution in [2.24, 2.45) is 0 Å². The van der Waals surface area contributed by atoms with Crippen LogP contribution in [0.1, 0.15) is 0 Å². The summed E-state index contributed by atoms with van der Waals surface area (Å²) in [6.07, 6.45) is 0. The topological polar surface area (TPSA) is 4.93 Å². The largest absolute Gasteiger partial charge is 0.308 e. The molecule has 6 aromatic carbocycles. The van der Waals surface area contributed by atoms with Gasteiger partial charge in [0.2, 0.25) is 0 Å². The van der Waals surface area contributed by atoms with Gasteiger partial charge in [-0.1, -0.05) is 107 Å². The number of aromatic nitrogens is 1. The zero-order valence-electron chi connectivity index (χ0n) is 20.9. The Morgan fingerprint density at radius 2 is 1.23 bits per heavy atom. The van der Waals surface area contributed by atoms with Gasteiger partial charge in [0.15, 0.2) is 0 Å². The Morgan fingerprint density at radius 1 is 0.513 bits per heavy atom. The highest BCUT2D eigenvalue weighted by molar-refractivity contribution is 9.10. The fraction of sp³-hybridized carbons (Fsp3) is 0. The average Bonchev–Trinajstić information content (AvgIpc) is 3.54. The minimum atomic E-state index is 1.10. The molecule has 8 rings (SSSR count). The van der Waals surface area contributed by atoms with Gasteiger partial charge in [-0.2, -0.15) is 0 Å². The lowest BCUT2D eigenvalue weighted by atomic mass is 9.95. The van der Waals surface area contributed by atoms with Crippen LogP contribution in [0, 0.1) is 0 Å². The summed E-state index contributed by atoms with van der Waals surface area (Å²) >= 11 is 5.58. The van der Waals surface area contributed by atoms with Crippen LogP contribution in [-0.4, -0.2) is 4.57 Å². The van der Waals surface area contributed by atoms with E-state index < -0.39 is 0 Å². The van der Waals surface area contributed by atoms with Crippen LogP contribution in [0.15, 0.2) is 138 Å². The first kappa shape index (κ1) is 22.8. The highest BCUT2D eigenvalue weighted by Gasteiger charge is 2.19. The first-order chi connectivity index (χ1) is 19.3. The van der Waals surface area contributed by atoms with Gasteiger partial charge >= 0.3 is 0 Å². The van der Waals surface area contributed by atoms with Crippen molar-refractivity contribution in [2.45, 2.75) is 0 Å². The Hall–Kier alpha value is -4.18. The molecule has 2 aromatic heterocycles. The molecular weight excluding hydrogens is 558 g/mol. The van der Waals surface area contributed by atoms with Crippen molar-refractivity contribution >= 4 is 69.2 Å². The van der Waals surface area contributed by atoms with Crippen LogP contribution in [0.3, 0.4) is 0 Å². The zero-order chi connectivity index (χ0) is 25.9. The van der Waals surface area contributed by atoms with E-state index in [2.05, 4.69) is 154 Å². The molecule has 0 radical (unpaired) electrons. The number of fused-ring (bicyclic) bond motifs is 6. The molecule has 0 saturated carbocycles. The highest BCUT2D eigenvalue weighted by Crippen LogP contribution is 2.45. The van der Waals surface area contributed by atoms with Gasteiger partial charge in [-0.05, 0) is 64.7 Å².